The molecule has 3 nitrogen and oxygen atoms in total. The van der Waals surface area contributed by atoms with Gasteiger partial charge in [0, 0.05) is 12.5 Å². The molecule has 0 aromatic carbocycles. The minimum atomic E-state index is -0.0772. The van der Waals surface area contributed by atoms with E-state index in [1.165, 1.54) is 12.8 Å². The van der Waals surface area contributed by atoms with Crippen molar-refractivity contribution in [2.24, 2.45) is 17.6 Å². The second-order valence-electron chi connectivity index (χ2n) is 5.43. The van der Waals surface area contributed by atoms with Crippen LogP contribution >= 0.6 is 0 Å². The molecule has 3 N–H and O–H groups in total. The number of carbonyl (C=O) groups excluding carboxylic acids is 1. The molecule has 2 fully saturated rings. The molecule has 2 aliphatic carbocycles. The maximum atomic E-state index is 11.8. The van der Waals surface area contributed by atoms with Crippen LogP contribution in [0.4, 0.5) is 0 Å². The summed E-state index contributed by atoms with van der Waals surface area (Å²) in [7, 11) is 0. The fourth-order valence-corrected chi connectivity index (χ4v) is 2.40. The van der Waals surface area contributed by atoms with Gasteiger partial charge in [-0.3, -0.25) is 4.79 Å². The van der Waals surface area contributed by atoms with Gasteiger partial charge in [-0.1, -0.05) is 6.92 Å². The molecule has 86 valence electrons. The standard InChI is InChI=1S/C12H22N2O/c1-9-4-6-12(8-13,7-5-9)14-11(15)10-2-3-10/h9-10H,2-8,13H2,1H3,(H,14,15). The summed E-state index contributed by atoms with van der Waals surface area (Å²) in [5.41, 5.74) is 5.76. The number of rotatable bonds is 3. The van der Waals surface area contributed by atoms with E-state index in [1.807, 2.05) is 0 Å². The molecule has 0 spiro atoms. The lowest BCUT2D eigenvalue weighted by Crippen LogP contribution is -2.55. The van der Waals surface area contributed by atoms with E-state index in [-0.39, 0.29) is 11.4 Å². The van der Waals surface area contributed by atoms with Gasteiger partial charge in [0.05, 0.1) is 5.54 Å². The lowest BCUT2D eigenvalue weighted by molar-refractivity contribution is -0.124. The van der Waals surface area contributed by atoms with Crippen molar-refractivity contribution in [2.45, 2.75) is 51.0 Å². The van der Waals surface area contributed by atoms with E-state index in [2.05, 4.69) is 12.2 Å². The second-order valence-corrected chi connectivity index (χ2v) is 5.43. The summed E-state index contributed by atoms with van der Waals surface area (Å²) in [5.74, 6) is 1.34. The van der Waals surface area contributed by atoms with Crippen LogP contribution in [0, 0.1) is 11.8 Å². The lowest BCUT2D eigenvalue weighted by Gasteiger charge is -2.39. The van der Waals surface area contributed by atoms with Gasteiger partial charge in [0.2, 0.25) is 5.91 Å². The van der Waals surface area contributed by atoms with Gasteiger partial charge in [0.25, 0.3) is 0 Å². The summed E-state index contributed by atoms with van der Waals surface area (Å²) in [6.07, 6.45) is 6.66. The Bertz CT molecular complexity index is 240. The minimum absolute atomic E-state index is 0.0772. The Hall–Kier alpha value is -0.570. The third-order valence-corrected chi connectivity index (χ3v) is 3.96. The monoisotopic (exact) mass is 210 g/mol. The van der Waals surface area contributed by atoms with Crippen LogP contribution < -0.4 is 11.1 Å². The number of nitrogens with one attached hydrogen (secondary N) is 1. The zero-order chi connectivity index (χ0) is 10.9. The van der Waals surface area contributed by atoms with Crippen molar-refractivity contribution < 1.29 is 4.79 Å². The maximum Gasteiger partial charge on any atom is 0.223 e. The highest BCUT2D eigenvalue weighted by Gasteiger charge is 2.38. The first-order valence-corrected chi connectivity index (χ1v) is 6.17. The van der Waals surface area contributed by atoms with Gasteiger partial charge >= 0.3 is 0 Å². The molecular formula is C12H22N2O. The Kier molecular flexibility index (Phi) is 3.01. The second kappa shape index (κ2) is 4.12. The summed E-state index contributed by atoms with van der Waals surface area (Å²) in [5, 5.41) is 3.20. The van der Waals surface area contributed by atoms with Crippen LogP contribution in [0.2, 0.25) is 0 Å². The van der Waals surface area contributed by atoms with Crippen LogP contribution in [-0.2, 0) is 4.79 Å². The average molecular weight is 210 g/mol. The normalized spacial score (nSPS) is 36.3. The SMILES string of the molecule is CC1CCC(CN)(NC(=O)C2CC2)CC1. The smallest absolute Gasteiger partial charge is 0.223 e. The number of amides is 1. The van der Waals surface area contributed by atoms with Crippen molar-refractivity contribution in [1.82, 2.24) is 5.32 Å². The molecule has 2 aliphatic rings. The Morgan fingerprint density at radius 1 is 1.33 bits per heavy atom. The molecule has 0 aromatic heterocycles. The number of hydrogen-bond acceptors (Lipinski definition) is 2. The largest absolute Gasteiger partial charge is 0.349 e. The number of nitrogens with two attached hydrogens (primary N) is 1. The zero-order valence-corrected chi connectivity index (χ0v) is 9.59. The Morgan fingerprint density at radius 3 is 2.40 bits per heavy atom. The summed E-state index contributed by atoms with van der Waals surface area (Å²) < 4.78 is 0. The Labute approximate surface area is 91.8 Å². The van der Waals surface area contributed by atoms with Crippen molar-refractivity contribution >= 4 is 5.91 Å². The van der Waals surface area contributed by atoms with Crippen LogP contribution in [0.1, 0.15) is 45.4 Å². The summed E-state index contributed by atoms with van der Waals surface area (Å²) in [4.78, 5) is 11.8. The summed E-state index contributed by atoms with van der Waals surface area (Å²) in [6.45, 7) is 2.88. The highest BCUT2D eigenvalue weighted by molar-refractivity contribution is 5.81. The van der Waals surface area contributed by atoms with Crippen molar-refractivity contribution in [3.8, 4) is 0 Å². The molecule has 0 unspecified atom stereocenters. The van der Waals surface area contributed by atoms with E-state index in [0.29, 0.717) is 12.5 Å². The third-order valence-electron chi connectivity index (χ3n) is 3.96. The highest BCUT2D eigenvalue weighted by Crippen LogP contribution is 2.34. The van der Waals surface area contributed by atoms with E-state index in [4.69, 9.17) is 5.73 Å². The van der Waals surface area contributed by atoms with Gasteiger partial charge in [-0.2, -0.15) is 0 Å². The fourth-order valence-electron chi connectivity index (χ4n) is 2.40. The Balaban J connectivity index is 1.92. The third kappa shape index (κ3) is 2.51. The highest BCUT2D eigenvalue weighted by atomic mass is 16.2. The zero-order valence-electron chi connectivity index (χ0n) is 9.59. The predicted molar refractivity (Wildman–Crippen MR) is 60.3 cm³/mol. The van der Waals surface area contributed by atoms with E-state index in [1.54, 1.807) is 0 Å². The minimum Gasteiger partial charge on any atom is -0.349 e. The van der Waals surface area contributed by atoms with Crippen LogP contribution in [-0.4, -0.2) is 18.0 Å². The molecule has 2 saturated carbocycles. The van der Waals surface area contributed by atoms with Gasteiger partial charge in [-0.25, -0.2) is 0 Å². The van der Waals surface area contributed by atoms with E-state index in [9.17, 15) is 4.79 Å². The molecule has 0 heterocycles. The molecule has 1 amide bonds. The number of carbonyl (C=O) groups is 1. The maximum absolute atomic E-state index is 11.8. The van der Waals surface area contributed by atoms with Crippen LogP contribution in [0.15, 0.2) is 0 Å². The van der Waals surface area contributed by atoms with Crippen LogP contribution in [0.5, 0.6) is 0 Å². The summed E-state index contributed by atoms with van der Waals surface area (Å²) in [6, 6.07) is 0. The quantitative estimate of drug-likeness (QED) is 0.740. The van der Waals surface area contributed by atoms with Gasteiger partial charge in [0.15, 0.2) is 0 Å². The molecular weight excluding hydrogens is 188 g/mol. The first-order valence-electron chi connectivity index (χ1n) is 6.17. The van der Waals surface area contributed by atoms with Crippen molar-refractivity contribution in [3.63, 3.8) is 0 Å². The molecule has 0 aromatic rings. The molecule has 0 radical (unpaired) electrons. The predicted octanol–water partition coefficient (Wildman–Crippen LogP) is 1.42. The average Bonchev–Trinajstić information content (AvgIpc) is 3.05. The summed E-state index contributed by atoms with van der Waals surface area (Å²) >= 11 is 0. The van der Waals surface area contributed by atoms with Crippen LogP contribution in [0.3, 0.4) is 0 Å². The first-order chi connectivity index (χ1) is 7.15. The Morgan fingerprint density at radius 2 is 1.93 bits per heavy atom. The molecule has 3 heteroatoms. The fraction of sp³-hybridized carbons (Fsp3) is 0.917. The van der Waals surface area contributed by atoms with Gasteiger partial charge in [-0.15, -0.1) is 0 Å². The molecule has 15 heavy (non-hydrogen) atoms. The molecule has 0 atom stereocenters. The van der Waals surface area contributed by atoms with Gasteiger partial charge < -0.3 is 11.1 Å². The van der Waals surface area contributed by atoms with Crippen molar-refractivity contribution in [1.29, 1.82) is 0 Å². The van der Waals surface area contributed by atoms with E-state index in [0.717, 1.165) is 31.6 Å². The lowest BCUT2D eigenvalue weighted by atomic mass is 9.77. The molecule has 0 bridgehead atoms. The van der Waals surface area contributed by atoms with Gasteiger partial charge in [-0.05, 0) is 44.4 Å². The van der Waals surface area contributed by atoms with Gasteiger partial charge in [0.1, 0.15) is 0 Å². The topological polar surface area (TPSA) is 55.1 Å². The number of hydrogen-bond donors (Lipinski definition) is 2. The van der Waals surface area contributed by atoms with Crippen LogP contribution in [0.25, 0.3) is 0 Å². The molecule has 0 saturated heterocycles. The van der Waals surface area contributed by atoms with E-state index >= 15 is 0 Å². The molecule has 2 rings (SSSR count). The first kappa shape index (κ1) is 10.9. The van der Waals surface area contributed by atoms with Crippen molar-refractivity contribution in [3.05, 3.63) is 0 Å². The van der Waals surface area contributed by atoms with Crippen molar-refractivity contribution in [2.75, 3.05) is 6.54 Å². The molecule has 0 aliphatic heterocycles. The van der Waals surface area contributed by atoms with E-state index < -0.39 is 0 Å².